The zero-order chi connectivity index (χ0) is 21.8. The molecule has 1 aliphatic rings. The maximum atomic E-state index is 12.9. The Morgan fingerprint density at radius 1 is 1.13 bits per heavy atom. The van der Waals surface area contributed by atoms with Crippen molar-refractivity contribution in [3.63, 3.8) is 0 Å². The normalized spacial score (nSPS) is 14.5. The van der Waals surface area contributed by atoms with Gasteiger partial charge < -0.3 is 9.64 Å². The highest BCUT2D eigenvalue weighted by atomic mass is 32.1. The van der Waals surface area contributed by atoms with Crippen molar-refractivity contribution >= 4 is 28.1 Å². The van der Waals surface area contributed by atoms with Crippen LogP contribution in [0.3, 0.4) is 0 Å². The Morgan fingerprint density at radius 3 is 2.58 bits per heavy atom. The molecule has 0 radical (unpaired) electrons. The number of rotatable bonds is 5. The highest BCUT2D eigenvalue weighted by molar-refractivity contribution is 7.15. The number of morpholine rings is 1. The molecule has 9 heteroatoms. The topological polar surface area (TPSA) is 54.5 Å². The van der Waals surface area contributed by atoms with Gasteiger partial charge in [0.25, 0.3) is 5.91 Å². The molecular weight excluding hydrogens is 427 g/mol. The van der Waals surface area contributed by atoms with Crippen LogP contribution >= 0.6 is 11.3 Å². The minimum Gasteiger partial charge on any atom is -0.378 e. The lowest BCUT2D eigenvalue weighted by Gasteiger charge is -2.28. The second-order valence-electron chi connectivity index (χ2n) is 7.11. The molecule has 0 aliphatic carbocycles. The van der Waals surface area contributed by atoms with Crippen LogP contribution < -0.4 is 10.2 Å². The Bertz CT molecular complexity index is 1040. The number of carbonyl (C=O) groups is 1. The number of benzene rings is 2. The molecule has 5 nitrogen and oxygen atoms in total. The molecule has 1 amide bonds. The molecule has 3 aromatic rings. The smallest absolute Gasteiger partial charge is 0.378 e. The van der Waals surface area contributed by atoms with Gasteiger partial charge in [-0.15, -0.1) is 11.3 Å². The van der Waals surface area contributed by atoms with Crippen LogP contribution in [0.5, 0.6) is 0 Å². The number of hydrogen-bond donors (Lipinski definition) is 1. The number of nitrogens with one attached hydrogen (secondary N) is 1. The van der Waals surface area contributed by atoms with Crippen molar-refractivity contribution in [2.75, 3.05) is 36.5 Å². The third-order valence-corrected chi connectivity index (χ3v) is 5.83. The van der Waals surface area contributed by atoms with E-state index in [9.17, 15) is 18.0 Å². The van der Waals surface area contributed by atoms with Crippen LogP contribution in [0.2, 0.25) is 0 Å². The minimum absolute atomic E-state index is 0.284. The fourth-order valence-corrected chi connectivity index (χ4v) is 4.16. The van der Waals surface area contributed by atoms with Gasteiger partial charge in [0.2, 0.25) is 0 Å². The van der Waals surface area contributed by atoms with E-state index in [1.165, 1.54) is 17.4 Å². The second-order valence-corrected chi connectivity index (χ2v) is 8.22. The van der Waals surface area contributed by atoms with Crippen molar-refractivity contribution in [3.05, 3.63) is 76.3 Å². The van der Waals surface area contributed by atoms with Gasteiger partial charge in [0, 0.05) is 41.8 Å². The fourth-order valence-electron chi connectivity index (χ4n) is 3.32. The summed E-state index contributed by atoms with van der Waals surface area (Å²) in [7, 11) is 0. The number of halogens is 3. The standard InChI is InChI=1S/C22H20F3N3O2S/c23-22(24,25)17-3-1-2-15(12-17)13-19-14-26-21(31-19)27-20(29)16-4-6-18(7-5-16)28-8-10-30-11-9-28/h1-7,12,14H,8-11,13H2,(H,26,27,29). The molecule has 2 aromatic carbocycles. The molecule has 0 spiro atoms. The van der Waals surface area contributed by atoms with Crippen molar-refractivity contribution < 1.29 is 22.7 Å². The monoisotopic (exact) mass is 447 g/mol. The Morgan fingerprint density at radius 2 is 1.87 bits per heavy atom. The van der Waals surface area contributed by atoms with Gasteiger partial charge in [-0.25, -0.2) is 4.98 Å². The number of hydrogen-bond acceptors (Lipinski definition) is 5. The number of ether oxygens (including phenoxy) is 1. The fraction of sp³-hybridized carbons (Fsp3) is 0.273. The van der Waals surface area contributed by atoms with Crippen molar-refractivity contribution in [1.82, 2.24) is 4.98 Å². The highest BCUT2D eigenvalue weighted by Gasteiger charge is 2.30. The quantitative estimate of drug-likeness (QED) is 0.608. The molecule has 4 rings (SSSR count). The number of anilines is 2. The van der Waals surface area contributed by atoms with E-state index in [1.54, 1.807) is 24.4 Å². The van der Waals surface area contributed by atoms with Crippen molar-refractivity contribution in [2.24, 2.45) is 0 Å². The van der Waals surface area contributed by atoms with Crippen LogP contribution in [0.15, 0.2) is 54.7 Å². The second kappa shape index (κ2) is 9.07. The van der Waals surface area contributed by atoms with Crippen molar-refractivity contribution in [3.8, 4) is 0 Å². The first-order valence-electron chi connectivity index (χ1n) is 9.73. The third kappa shape index (κ3) is 5.42. The molecule has 1 aromatic heterocycles. The Hall–Kier alpha value is -2.91. The lowest BCUT2D eigenvalue weighted by atomic mass is 10.1. The summed E-state index contributed by atoms with van der Waals surface area (Å²) in [6.07, 6.45) is -2.49. The summed E-state index contributed by atoms with van der Waals surface area (Å²) in [5, 5.41) is 3.16. The largest absolute Gasteiger partial charge is 0.416 e. The van der Waals surface area contributed by atoms with Crippen LogP contribution in [-0.4, -0.2) is 37.2 Å². The van der Waals surface area contributed by atoms with Crippen LogP contribution in [0.4, 0.5) is 24.0 Å². The minimum atomic E-state index is -4.37. The summed E-state index contributed by atoms with van der Waals surface area (Å²) >= 11 is 1.24. The van der Waals surface area contributed by atoms with Gasteiger partial charge in [0.05, 0.1) is 18.8 Å². The van der Waals surface area contributed by atoms with Gasteiger partial charge in [-0.2, -0.15) is 13.2 Å². The van der Waals surface area contributed by atoms with Gasteiger partial charge in [-0.05, 0) is 35.9 Å². The lowest BCUT2D eigenvalue weighted by molar-refractivity contribution is -0.137. The molecule has 31 heavy (non-hydrogen) atoms. The molecular formula is C22H20F3N3O2S. The van der Waals surface area contributed by atoms with Crippen LogP contribution in [0.25, 0.3) is 0 Å². The molecule has 1 saturated heterocycles. The average molecular weight is 447 g/mol. The number of alkyl halides is 3. The van der Waals surface area contributed by atoms with Gasteiger partial charge >= 0.3 is 6.18 Å². The van der Waals surface area contributed by atoms with E-state index < -0.39 is 11.7 Å². The maximum Gasteiger partial charge on any atom is 0.416 e. The molecule has 0 unspecified atom stereocenters. The first-order chi connectivity index (χ1) is 14.9. The number of amides is 1. The van der Waals surface area contributed by atoms with E-state index in [0.717, 1.165) is 35.8 Å². The highest BCUT2D eigenvalue weighted by Crippen LogP contribution is 2.30. The predicted molar refractivity (Wildman–Crippen MR) is 114 cm³/mol. The zero-order valence-electron chi connectivity index (χ0n) is 16.5. The zero-order valence-corrected chi connectivity index (χ0v) is 17.3. The van der Waals surface area contributed by atoms with Crippen LogP contribution in [0.1, 0.15) is 26.4 Å². The summed E-state index contributed by atoms with van der Waals surface area (Å²) in [5.41, 5.74) is 1.41. The number of nitrogens with zero attached hydrogens (tertiary/aromatic N) is 2. The van der Waals surface area contributed by atoms with E-state index in [0.29, 0.717) is 35.9 Å². The van der Waals surface area contributed by atoms with Gasteiger partial charge in [-0.1, -0.05) is 18.2 Å². The summed E-state index contributed by atoms with van der Waals surface area (Å²) in [6.45, 7) is 3.02. The van der Waals surface area contributed by atoms with E-state index in [4.69, 9.17) is 4.74 Å². The van der Waals surface area contributed by atoms with Crippen molar-refractivity contribution in [2.45, 2.75) is 12.6 Å². The summed E-state index contributed by atoms with van der Waals surface area (Å²) < 4.78 is 44.0. The summed E-state index contributed by atoms with van der Waals surface area (Å²) in [6, 6.07) is 12.5. The maximum absolute atomic E-state index is 12.9. The summed E-state index contributed by atoms with van der Waals surface area (Å²) in [5.74, 6) is -0.284. The molecule has 0 atom stereocenters. The van der Waals surface area contributed by atoms with Gasteiger partial charge in [-0.3, -0.25) is 10.1 Å². The number of carbonyl (C=O) groups excluding carboxylic acids is 1. The summed E-state index contributed by atoms with van der Waals surface area (Å²) in [4.78, 5) is 19.7. The SMILES string of the molecule is O=C(Nc1ncc(Cc2cccc(C(F)(F)F)c2)s1)c1ccc(N2CCOCC2)cc1. The van der Waals surface area contributed by atoms with Gasteiger partial charge in [0.15, 0.2) is 5.13 Å². The number of thiazole rings is 1. The molecule has 1 N–H and O–H groups in total. The molecule has 0 bridgehead atoms. The first-order valence-corrected chi connectivity index (χ1v) is 10.5. The van der Waals surface area contributed by atoms with Gasteiger partial charge in [0.1, 0.15) is 0 Å². The van der Waals surface area contributed by atoms with E-state index in [-0.39, 0.29) is 5.91 Å². The van der Waals surface area contributed by atoms with E-state index in [2.05, 4.69) is 15.2 Å². The molecule has 1 fully saturated rings. The molecule has 1 aliphatic heterocycles. The molecule has 2 heterocycles. The predicted octanol–water partition coefficient (Wildman–Crippen LogP) is 4.84. The Balaban J connectivity index is 1.38. The Kier molecular flexibility index (Phi) is 6.24. The third-order valence-electron chi connectivity index (χ3n) is 4.91. The van der Waals surface area contributed by atoms with E-state index in [1.807, 2.05) is 12.1 Å². The number of aromatic nitrogens is 1. The van der Waals surface area contributed by atoms with Crippen LogP contribution in [-0.2, 0) is 17.3 Å². The lowest BCUT2D eigenvalue weighted by Crippen LogP contribution is -2.36. The van der Waals surface area contributed by atoms with Crippen LogP contribution in [0, 0.1) is 0 Å². The molecule has 162 valence electrons. The first kappa shape index (κ1) is 21.3. The van der Waals surface area contributed by atoms with Crippen molar-refractivity contribution in [1.29, 1.82) is 0 Å². The average Bonchev–Trinajstić information content (AvgIpc) is 3.20. The molecule has 0 saturated carbocycles. The van der Waals surface area contributed by atoms with E-state index >= 15 is 0 Å². The Labute approximate surface area is 181 Å².